The maximum absolute atomic E-state index is 11.8. The molecule has 1 aliphatic heterocycles. The summed E-state index contributed by atoms with van der Waals surface area (Å²) in [6, 6.07) is 7.36. The van der Waals surface area contributed by atoms with E-state index < -0.39 is 0 Å². The number of aromatic nitrogens is 2. The lowest BCUT2D eigenvalue weighted by Crippen LogP contribution is -2.36. The summed E-state index contributed by atoms with van der Waals surface area (Å²) in [5.41, 5.74) is 0.832. The van der Waals surface area contributed by atoms with E-state index in [0.29, 0.717) is 29.9 Å². The quantitative estimate of drug-likeness (QED) is 0.772. The predicted molar refractivity (Wildman–Crippen MR) is 89.4 cm³/mol. The summed E-state index contributed by atoms with van der Waals surface area (Å²) < 4.78 is 10.4. The minimum atomic E-state index is -0.0850. The van der Waals surface area contributed by atoms with E-state index in [4.69, 9.17) is 20.9 Å². The average molecular weight is 350 g/mol. The molecule has 1 aromatic carbocycles. The Morgan fingerprint density at radius 1 is 1.42 bits per heavy atom. The molecule has 0 aliphatic carbocycles. The van der Waals surface area contributed by atoms with Gasteiger partial charge in [-0.3, -0.25) is 9.69 Å². The van der Waals surface area contributed by atoms with Crippen molar-refractivity contribution in [2.24, 2.45) is 5.92 Å². The topological polar surface area (TPSA) is 68.5 Å². The molecular weight excluding hydrogens is 330 g/mol. The van der Waals surface area contributed by atoms with Gasteiger partial charge >= 0.3 is 5.97 Å². The maximum Gasteiger partial charge on any atom is 0.309 e. The van der Waals surface area contributed by atoms with Crippen LogP contribution in [0.5, 0.6) is 0 Å². The summed E-state index contributed by atoms with van der Waals surface area (Å²) in [6.07, 6.45) is 1.60. The molecule has 0 bridgehead atoms. The molecule has 7 heteroatoms. The molecule has 3 rings (SSSR count). The van der Waals surface area contributed by atoms with Crippen molar-refractivity contribution in [2.45, 2.75) is 26.3 Å². The number of nitrogens with zero attached hydrogens (tertiary/aromatic N) is 3. The van der Waals surface area contributed by atoms with Gasteiger partial charge in [0.05, 0.1) is 19.1 Å². The number of hydrogen-bond acceptors (Lipinski definition) is 6. The van der Waals surface area contributed by atoms with Gasteiger partial charge < -0.3 is 9.26 Å². The SMILES string of the molecule is CCOC(=O)C1CCN(Cc2nc(-c3cccc(Cl)c3)no2)CC1. The lowest BCUT2D eigenvalue weighted by atomic mass is 9.97. The lowest BCUT2D eigenvalue weighted by molar-refractivity contribution is -0.149. The van der Waals surface area contributed by atoms with Crippen molar-refractivity contribution in [2.75, 3.05) is 19.7 Å². The van der Waals surface area contributed by atoms with E-state index in [1.165, 1.54) is 0 Å². The molecule has 1 aromatic heterocycles. The number of esters is 1. The maximum atomic E-state index is 11.8. The fourth-order valence-electron chi connectivity index (χ4n) is 2.84. The van der Waals surface area contributed by atoms with Crippen molar-refractivity contribution in [1.82, 2.24) is 15.0 Å². The van der Waals surface area contributed by atoms with Crippen molar-refractivity contribution >= 4 is 17.6 Å². The van der Waals surface area contributed by atoms with Crippen molar-refractivity contribution < 1.29 is 14.1 Å². The molecule has 0 N–H and O–H groups in total. The fraction of sp³-hybridized carbons (Fsp3) is 0.471. The number of carbonyl (C=O) groups excluding carboxylic acids is 1. The van der Waals surface area contributed by atoms with Crippen molar-refractivity contribution in [3.63, 3.8) is 0 Å². The van der Waals surface area contributed by atoms with Crippen molar-refractivity contribution in [3.8, 4) is 11.4 Å². The minimum absolute atomic E-state index is 0.00547. The van der Waals surface area contributed by atoms with E-state index in [-0.39, 0.29) is 11.9 Å². The van der Waals surface area contributed by atoms with E-state index in [1.807, 2.05) is 19.1 Å². The standard InChI is InChI=1S/C17H20ClN3O3/c1-2-23-17(22)12-6-8-21(9-7-12)11-15-19-16(20-24-15)13-4-3-5-14(18)10-13/h3-5,10,12H,2,6-9,11H2,1H3. The van der Waals surface area contributed by atoms with Crippen LogP contribution in [0.25, 0.3) is 11.4 Å². The average Bonchev–Trinajstić information content (AvgIpc) is 3.04. The van der Waals surface area contributed by atoms with Crippen LogP contribution in [0.15, 0.2) is 28.8 Å². The third-order valence-corrected chi connectivity index (χ3v) is 4.35. The van der Waals surface area contributed by atoms with E-state index in [1.54, 1.807) is 12.1 Å². The smallest absolute Gasteiger partial charge is 0.309 e. The molecule has 6 nitrogen and oxygen atoms in total. The summed E-state index contributed by atoms with van der Waals surface area (Å²) in [7, 11) is 0. The Morgan fingerprint density at radius 3 is 2.92 bits per heavy atom. The number of carbonyl (C=O) groups is 1. The zero-order valence-electron chi connectivity index (χ0n) is 13.6. The summed E-state index contributed by atoms with van der Waals surface area (Å²) in [5.74, 6) is 1.03. The van der Waals surface area contributed by atoms with Gasteiger partial charge in [-0.1, -0.05) is 28.9 Å². The Kier molecular flexibility index (Phi) is 5.48. The van der Waals surface area contributed by atoms with E-state index in [9.17, 15) is 4.79 Å². The Balaban J connectivity index is 1.56. The van der Waals surface area contributed by atoms with Crippen LogP contribution in [-0.4, -0.2) is 40.7 Å². The second kappa shape index (κ2) is 7.77. The number of likely N-dealkylation sites (tertiary alicyclic amines) is 1. The molecule has 0 saturated carbocycles. The number of benzene rings is 1. The van der Waals surface area contributed by atoms with Gasteiger partial charge in [-0.05, 0) is 45.0 Å². The number of hydrogen-bond donors (Lipinski definition) is 0. The fourth-order valence-corrected chi connectivity index (χ4v) is 3.03. The summed E-state index contributed by atoms with van der Waals surface area (Å²) in [5, 5.41) is 4.65. The van der Waals surface area contributed by atoms with Crippen LogP contribution in [0.2, 0.25) is 5.02 Å². The summed E-state index contributed by atoms with van der Waals surface area (Å²) >= 11 is 5.99. The van der Waals surface area contributed by atoms with Gasteiger partial charge in [-0.25, -0.2) is 0 Å². The summed E-state index contributed by atoms with van der Waals surface area (Å²) in [6.45, 7) is 4.49. The van der Waals surface area contributed by atoms with Gasteiger partial charge in [-0.2, -0.15) is 4.98 Å². The largest absolute Gasteiger partial charge is 0.466 e. The van der Waals surface area contributed by atoms with Gasteiger partial charge in [0.25, 0.3) is 0 Å². The Labute approximate surface area is 145 Å². The first-order valence-electron chi connectivity index (χ1n) is 8.13. The zero-order valence-corrected chi connectivity index (χ0v) is 14.3. The molecule has 24 heavy (non-hydrogen) atoms. The lowest BCUT2D eigenvalue weighted by Gasteiger charge is -2.29. The first-order chi connectivity index (χ1) is 11.7. The van der Waals surface area contributed by atoms with Crippen molar-refractivity contribution in [1.29, 1.82) is 0 Å². The molecule has 0 unspecified atom stereocenters. The van der Waals surface area contributed by atoms with E-state index in [2.05, 4.69) is 15.0 Å². The molecule has 0 spiro atoms. The number of piperidine rings is 1. The number of rotatable bonds is 5. The monoisotopic (exact) mass is 349 g/mol. The molecule has 2 heterocycles. The molecule has 0 amide bonds. The third-order valence-electron chi connectivity index (χ3n) is 4.12. The first-order valence-corrected chi connectivity index (χ1v) is 8.51. The highest BCUT2D eigenvalue weighted by Crippen LogP contribution is 2.22. The Hall–Kier alpha value is -1.92. The van der Waals surface area contributed by atoms with Gasteiger partial charge in [0.1, 0.15) is 0 Å². The highest BCUT2D eigenvalue weighted by Gasteiger charge is 2.26. The third kappa shape index (κ3) is 4.13. The van der Waals surface area contributed by atoms with E-state index in [0.717, 1.165) is 31.5 Å². The van der Waals surface area contributed by atoms with Gasteiger partial charge in [-0.15, -0.1) is 0 Å². The van der Waals surface area contributed by atoms with Gasteiger partial charge in [0, 0.05) is 10.6 Å². The van der Waals surface area contributed by atoms with Gasteiger partial charge in [0.15, 0.2) is 0 Å². The molecule has 1 fully saturated rings. The molecule has 2 aromatic rings. The van der Waals surface area contributed by atoms with Crippen LogP contribution >= 0.6 is 11.6 Å². The van der Waals surface area contributed by atoms with Gasteiger partial charge in [0.2, 0.25) is 11.7 Å². The Bertz CT molecular complexity index is 696. The van der Waals surface area contributed by atoms with Crippen LogP contribution in [0.4, 0.5) is 0 Å². The minimum Gasteiger partial charge on any atom is -0.466 e. The molecule has 0 radical (unpaired) electrons. The normalized spacial score (nSPS) is 16.2. The highest BCUT2D eigenvalue weighted by atomic mass is 35.5. The molecular formula is C17H20ClN3O3. The summed E-state index contributed by atoms with van der Waals surface area (Å²) in [4.78, 5) is 18.4. The molecule has 1 aliphatic rings. The number of halogens is 1. The second-order valence-electron chi connectivity index (χ2n) is 5.82. The van der Waals surface area contributed by atoms with Crippen LogP contribution in [0.3, 0.4) is 0 Å². The van der Waals surface area contributed by atoms with Crippen LogP contribution in [0.1, 0.15) is 25.7 Å². The second-order valence-corrected chi connectivity index (χ2v) is 6.26. The molecule has 128 valence electrons. The highest BCUT2D eigenvalue weighted by molar-refractivity contribution is 6.30. The van der Waals surface area contributed by atoms with Crippen LogP contribution in [-0.2, 0) is 16.1 Å². The number of ether oxygens (including phenoxy) is 1. The Morgan fingerprint density at radius 2 is 2.21 bits per heavy atom. The van der Waals surface area contributed by atoms with Crippen LogP contribution in [0, 0.1) is 5.92 Å². The first kappa shape index (κ1) is 16.9. The zero-order chi connectivity index (χ0) is 16.9. The predicted octanol–water partition coefficient (Wildman–Crippen LogP) is 3.17. The van der Waals surface area contributed by atoms with Crippen molar-refractivity contribution in [3.05, 3.63) is 35.2 Å². The molecule has 1 saturated heterocycles. The van der Waals surface area contributed by atoms with E-state index >= 15 is 0 Å². The van der Waals surface area contributed by atoms with Crippen LogP contribution < -0.4 is 0 Å². The molecule has 0 atom stereocenters.